The highest BCUT2D eigenvalue weighted by Crippen LogP contribution is 2.58. The van der Waals surface area contributed by atoms with Crippen molar-refractivity contribution >= 4 is 46.1 Å². The van der Waals surface area contributed by atoms with E-state index in [0.717, 1.165) is 16.0 Å². The summed E-state index contributed by atoms with van der Waals surface area (Å²) in [6.07, 6.45) is 0. The Kier molecular flexibility index (Phi) is 7.66. The first-order valence-electron chi connectivity index (χ1n) is 13.6. The minimum atomic E-state index is -1.74. The van der Waals surface area contributed by atoms with Crippen LogP contribution in [-0.4, -0.2) is 33.3 Å². The number of rotatable bonds is 6. The van der Waals surface area contributed by atoms with Gasteiger partial charge in [0.15, 0.2) is 5.78 Å². The van der Waals surface area contributed by atoms with Crippen molar-refractivity contribution in [3.8, 4) is 0 Å². The lowest BCUT2D eigenvalue weighted by Gasteiger charge is -2.37. The number of para-hydroxylation sites is 1. The molecule has 0 aliphatic carbocycles. The predicted molar refractivity (Wildman–Crippen MR) is 165 cm³/mol. The zero-order valence-electron chi connectivity index (χ0n) is 23.8. The number of carbonyl (C=O) groups excluding carboxylic acids is 2. The quantitative estimate of drug-likeness (QED) is 0.223. The van der Waals surface area contributed by atoms with Crippen LogP contribution < -0.4 is 5.32 Å². The van der Waals surface area contributed by atoms with Gasteiger partial charge in [0.1, 0.15) is 5.54 Å². The zero-order valence-corrected chi connectivity index (χ0v) is 25.4. The van der Waals surface area contributed by atoms with Crippen molar-refractivity contribution < 1.29 is 19.5 Å². The number of thiophene rings is 2. The van der Waals surface area contributed by atoms with Gasteiger partial charge in [-0.2, -0.15) is 0 Å². The van der Waals surface area contributed by atoms with Crippen LogP contribution in [0, 0.1) is 12.8 Å². The summed E-state index contributed by atoms with van der Waals surface area (Å²) < 4.78 is 0. The third-order valence-electron chi connectivity index (χ3n) is 8.13. The molecule has 212 valence electrons. The van der Waals surface area contributed by atoms with E-state index in [9.17, 15) is 19.5 Å². The third-order valence-corrected chi connectivity index (χ3v) is 10.1. The molecule has 0 radical (unpaired) electrons. The number of hydrogen-bond donors (Lipinski definition) is 2. The first-order chi connectivity index (χ1) is 19.4. The number of nitrogens with zero attached hydrogens (tertiary/aromatic N) is 1. The molecule has 0 saturated carbocycles. The maximum absolute atomic E-state index is 14.4. The number of benzene rings is 2. The van der Waals surface area contributed by atoms with Gasteiger partial charge in [0, 0.05) is 16.5 Å². The highest BCUT2D eigenvalue weighted by Gasteiger charge is 2.65. The molecule has 0 bridgehead atoms. The van der Waals surface area contributed by atoms with Crippen molar-refractivity contribution in [2.24, 2.45) is 5.92 Å². The number of carbonyl (C=O) groups is 3. The fourth-order valence-corrected chi connectivity index (χ4v) is 7.75. The van der Waals surface area contributed by atoms with Crippen molar-refractivity contribution in [2.45, 2.75) is 57.5 Å². The Labute approximate surface area is 248 Å². The molecule has 4 atom stereocenters. The van der Waals surface area contributed by atoms with Crippen molar-refractivity contribution in [3.05, 3.63) is 110 Å². The van der Waals surface area contributed by atoms with E-state index in [4.69, 9.17) is 0 Å². The molecule has 5 rings (SSSR count). The number of urea groups is 1. The average Bonchev–Trinajstić information content (AvgIpc) is 3.67. The third kappa shape index (κ3) is 5.11. The number of Topliss-reactive ketones (excluding diaryl/α,β-unsaturated/α-hetero) is 1. The number of amides is 2. The molecule has 2 aromatic carbocycles. The lowest BCUT2D eigenvalue weighted by atomic mass is 9.72. The molecule has 2 aromatic heterocycles. The van der Waals surface area contributed by atoms with Gasteiger partial charge in [-0.1, -0.05) is 69.3 Å². The molecule has 2 N–H and O–H groups in total. The molecule has 4 unspecified atom stereocenters. The second-order valence-corrected chi connectivity index (χ2v) is 13.6. The lowest BCUT2D eigenvalue weighted by molar-refractivity contribution is -0.148. The maximum Gasteiger partial charge on any atom is 0.330 e. The fourth-order valence-electron chi connectivity index (χ4n) is 5.98. The van der Waals surface area contributed by atoms with Crippen molar-refractivity contribution in [1.82, 2.24) is 4.90 Å². The van der Waals surface area contributed by atoms with Crippen LogP contribution in [0.15, 0.2) is 83.6 Å². The zero-order chi connectivity index (χ0) is 29.5. The van der Waals surface area contributed by atoms with E-state index in [1.807, 2.05) is 60.1 Å². The number of anilines is 1. The Bertz CT molecular complexity index is 1550. The van der Waals surface area contributed by atoms with Gasteiger partial charge in [-0.3, -0.25) is 9.69 Å². The van der Waals surface area contributed by atoms with E-state index >= 15 is 0 Å². The summed E-state index contributed by atoms with van der Waals surface area (Å²) in [5.74, 6) is -2.96. The lowest BCUT2D eigenvalue weighted by Crippen LogP contribution is -2.55. The molecule has 2 amide bonds. The van der Waals surface area contributed by atoms with Crippen LogP contribution in [0.5, 0.6) is 0 Å². The smallest absolute Gasteiger partial charge is 0.330 e. The van der Waals surface area contributed by atoms with Crippen molar-refractivity contribution in [3.63, 3.8) is 0 Å². The van der Waals surface area contributed by atoms with Crippen LogP contribution >= 0.6 is 22.7 Å². The molecule has 4 aromatic rings. The highest BCUT2D eigenvalue weighted by molar-refractivity contribution is 7.12. The summed E-state index contributed by atoms with van der Waals surface area (Å²) in [5, 5.41) is 17.7. The van der Waals surface area contributed by atoms with Crippen molar-refractivity contribution in [2.75, 3.05) is 5.32 Å². The van der Waals surface area contributed by atoms with E-state index in [-0.39, 0.29) is 11.2 Å². The maximum atomic E-state index is 14.4. The predicted octanol–water partition coefficient (Wildman–Crippen LogP) is 8.13. The van der Waals surface area contributed by atoms with Crippen LogP contribution in [0.1, 0.15) is 70.9 Å². The first-order valence-corrected chi connectivity index (χ1v) is 15.3. The van der Waals surface area contributed by atoms with Gasteiger partial charge in [0.25, 0.3) is 0 Å². The topological polar surface area (TPSA) is 86.7 Å². The summed E-state index contributed by atoms with van der Waals surface area (Å²) in [6, 6.07) is 21.0. The van der Waals surface area contributed by atoms with E-state index in [2.05, 4.69) is 26.1 Å². The molecule has 1 aliphatic heterocycles. The number of carboxylic acid groups (broad SMARTS) is 1. The minimum absolute atomic E-state index is 0.102. The molecule has 1 fully saturated rings. The first kappa shape index (κ1) is 28.8. The summed E-state index contributed by atoms with van der Waals surface area (Å²) in [4.78, 5) is 44.9. The Morgan fingerprint density at radius 1 is 0.902 bits per heavy atom. The fraction of sp³-hybridized carbons (Fsp3) is 0.303. The standard InChI is InChI=1S/C33H34N2O4S2/c1-20-17-19-41-29(20)27-25(28(36)24-12-9-18-40-24)26(21-13-15-22(16-14-21)32(2,3)4)33(5,30(37)38)35(27)31(39)34-23-10-7-6-8-11-23/h6-19,25-27H,1-5H3,(H,34,39)(H,37,38). The number of aryl methyl sites for hydroxylation is 1. The molecule has 6 nitrogen and oxygen atoms in total. The largest absolute Gasteiger partial charge is 0.479 e. The van der Waals surface area contributed by atoms with Crippen LogP contribution in [0.2, 0.25) is 0 Å². The number of aliphatic carboxylic acids is 1. The number of hydrogen-bond acceptors (Lipinski definition) is 5. The van der Waals surface area contributed by atoms with Crippen LogP contribution in [0.25, 0.3) is 0 Å². The minimum Gasteiger partial charge on any atom is -0.479 e. The molecule has 41 heavy (non-hydrogen) atoms. The Balaban J connectivity index is 1.76. The molecule has 3 heterocycles. The number of likely N-dealkylation sites (tertiary alicyclic amines) is 1. The van der Waals surface area contributed by atoms with E-state index < -0.39 is 35.4 Å². The van der Waals surface area contributed by atoms with Gasteiger partial charge in [0.2, 0.25) is 0 Å². The Hall–Kier alpha value is -3.75. The molecular weight excluding hydrogens is 553 g/mol. The van der Waals surface area contributed by atoms with Gasteiger partial charge in [-0.25, -0.2) is 9.59 Å². The van der Waals surface area contributed by atoms with Gasteiger partial charge >= 0.3 is 12.0 Å². The van der Waals surface area contributed by atoms with Gasteiger partial charge in [-0.15, -0.1) is 22.7 Å². The normalized spacial score (nSPS) is 22.5. The van der Waals surface area contributed by atoms with Crippen LogP contribution in [0.3, 0.4) is 0 Å². The van der Waals surface area contributed by atoms with Gasteiger partial charge in [-0.05, 0) is 71.0 Å². The monoisotopic (exact) mass is 586 g/mol. The van der Waals surface area contributed by atoms with E-state index in [0.29, 0.717) is 16.1 Å². The van der Waals surface area contributed by atoms with Gasteiger partial charge in [0.05, 0.1) is 16.8 Å². The average molecular weight is 587 g/mol. The second kappa shape index (κ2) is 10.9. The second-order valence-electron chi connectivity index (χ2n) is 11.7. The SMILES string of the molecule is Cc1ccsc1C1C(C(=O)c2cccs2)C(c2ccc(C(C)(C)C)cc2)C(C)(C(=O)O)N1C(=O)Nc1ccccc1. The van der Waals surface area contributed by atoms with E-state index in [1.54, 1.807) is 37.3 Å². The Morgan fingerprint density at radius 3 is 2.12 bits per heavy atom. The molecular formula is C33H34N2O4S2. The highest BCUT2D eigenvalue weighted by atomic mass is 32.1. The summed E-state index contributed by atoms with van der Waals surface area (Å²) >= 11 is 2.78. The van der Waals surface area contributed by atoms with Gasteiger partial charge < -0.3 is 10.4 Å². The summed E-state index contributed by atoms with van der Waals surface area (Å²) in [5.41, 5.74) is 1.44. The molecule has 1 saturated heterocycles. The number of carboxylic acids is 1. The molecule has 0 spiro atoms. The van der Waals surface area contributed by atoms with Crippen LogP contribution in [-0.2, 0) is 10.2 Å². The molecule has 1 aliphatic rings. The van der Waals surface area contributed by atoms with Crippen LogP contribution in [0.4, 0.5) is 10.5 Å². The number of ketones is 1. The van der Waals surface area contributed by atoms with E-state index in [1.165, 1.54) is 27.6 Å². The number of nitrogens with one attached hydrogen (secondary N) is 1. The van der Waals surface area contributed by atoms with Crippen molar-refractivity contribution in [1.29, 1.82) is 0 Å². The summed E-state index contributed by atoms with van der Waals surface area (Å²) in [6.45, 7) is 9.88. The molecule has 8 heteroatoms. The Morgan fingerprint density at radius 2 is 1.59 bits per heavy atom. The summed E-state index contributed by atoms with van der Waals surface area (Å²) in [7, 11) is 0.